The fourth-order valence-electron chi connectivity index (χ4n) is 3.21. The zero-order valence-electron chi connectivity index (χ0n) is 14.9. The lowest BCUT2D eigenvalue weighted by atomic mass is 10.1. The van der Waals surface area contributed by atoms with Gasteiger partial charge in [0.1, 0.15) is 6.54 Å². The summed E-state index contributed by atoms with van der Waals surface area (Å²) >= 11 is 0. The zero-order chi connectivity index (χ0) is 20.3. The third-order valence-corrected chi connectivity index (χ3v) is 4.82. The number of carbonyl (C=O) groups is 1. The van der Waals surface area contributed by atoms with Crippen molar-refractivity contribution in [2.24, 2.45) is 0 Å². The first kappa shape index (κ1) is 19.8. The minimum atomic E-state index is -4.34. The number of hydrogen-bond donors (Lipinski definition) is 1. The standard InChI is InChI=1S/C19H18F3N3O3/c20-19(21,22)16-5-1-14(2-6-16)13-23-9-11-24(12-10-23)18(26)15-3-7-17(8-4-15)25(27)28/h1-8H,9-13H2/p+1. The smallest absolute Gasteiger partial charge is 0.328 e. The highest BCUT2D eigenvalue weighted by molar-refractivity contribution is 5.94. The third kappa shape index (κ3) is 4.66. The molecule has 1 amide bonds. The monoisotopic (exact) mass is 394 g/mol. The van der Waals surface area contributed by atoms with Crippen molar-refractivity contribution in [1.29, 1.82) is 0 Å². The minimum absolute atomic E-state index is 0.0673. The van der Waals surface area contributed by atoms with Crippen molar-refractivity contribution in [2.75, 3.05) is 26.2 Å². The van der Waals surface area contributed by atoms with Crippen molar-refractivity contribution in [3.63, 3.8) is 0 Å². The van der Waals surface area contributed by atoms with Crippen LogP contribution in [0.5, 0.6) is 0 Å². The maximum absolute atomic E-state index is 12.6. The number of piperazine rings is 1. The van der Waals surface area contributed by atoms with Crippen LogP contribution in [0.15, 0.2) is 48.5 Å². The molecule has 0 saturated carbocycles. The van der Waals surface area contributed by atoms with E-state index in [0.29, 0.717) is 38.3 Å². The Morgan fingerprint density at radius 2 is 1.61 bits per heavy atom. The third-order valence-electron chi connectivity index (χ3n) is 4.82. The van der Waals surface area contributed by atoms with Gasteiger partial charge in [-0.15, -0.1) is 0 Å². The molecule has 1 aliphatic heterocycles. The minimum Gasteiger partial charge on any atom is -0.328 e. The molecule has 0 radical (unpaired) electrons. The maximum Gasteiger partial charge on any atom is 0.416 e. The van der Waals surface area contributed by atoms with E-state index in [1.54, 1.807) is 4.90 Å². The average Bonchev–Trinajstić information content (AvgIpc) is 2.68. The van der Waals surface area contributed by atoms with Crippen LogP contribution in [-0.2, 0) is 12.7 Å². The average molecular weight is 394 g/mol. The summed E-state index contributed by atoms with van der Waals surface area (Å²) in [6.45, 7) is 2.99. The van der Waals surface area contributed by atoms with Crippen molar-refractivity contribution in [1.82, 2.24) is 4.90 Å². The quantitative estimate of drug-likeness (QED) is 0.638. The molecule has 1 saturated heterocycles. The summed E-state index contributed by atoms with van der Waals surface area (Å²) in [5, 5.41) is 10.7. The van der Waals surface area contributed by atoms with Gasteiger partial charge in [0, 0.05) is 23.3 Å². The molecule has 0 atom stereocenters. The first-order valence-electron chi connectivity index (χ1n) is 8.77. The van der Waals surface area contributed by atoms with E-state index in [1.807, 2.05) is 0 Å². The predicted octanol–water partition coefficient (Wildman–Crippen LogP) is 2.15. The normalized spacial score (nSPS) is 15.5. The number of quaternary nitrogens is 1. The number of amides is 1. The SMILES string of the molecule is O=C(c1ccc([N+](=O)[O-])cc1)N1CC[NH+](Cc2ccc(C(F)(F)F)cc2)CC1. The first-order valence-corrected chi connectivity index (χ1v) is 8.77. The number of carbonyl (C=O) groups excluding carboxylic acids is 1. The summed E-state index contributed by atoms with van der Waals surface area (Å²) in [5.41, 5.74) is 0.488. The molecule has 28 heavy (non-hydrogen) atoms. The predicted molar refractivity (Wildman–Crippen MR) is 94.8 cm³/mol. The number of benzene rings is 2. The Labute approximate surface area is 159 Å². The molecular formula is C19H19F3N3O3+. The number of hydrogen-bond acceptors (Lipinski definition) is 3. The van der Waals surface area contributed by atoms with Gasteiger partial charge in [-0.2, -0.15) is 13.2 Å². The van der Waals surface area contributed by atoms with Gasteiger partial charge in [0.05, 0.1) is 36.7 Å². The van der Waals surface area contributed by atoms with Crippen molar-refractivity contribution >= 4 is 11.6 Å². The van der Waals surface area contributed by atoms with Crippen LogP contribution in [0, 0.1) is 10.1 Å². The van der Waals surface area contributed by atoms with E-state index in [-0.39, 0.29) is 11.6 Å². The van der Waals surface area contributed by atoms with Gasteiger partial charge in [0.25, 0.3) is 11.6 Å². The van der Waals surface area contributed by atoms with Crippen molar-refractivity contribution in [3.8, 4) is 0 Å². The maximum atomic E-state index is 12.6. The number of nitro groups is 1. The highest BCUT2D eigenvalue weighted by Crippen LogP contribution is 2.29. The van der Waals surface area contributed by atoms with Crippen molar-refractivity contribution < 1.29 is 27.8 Å². The Morgan fingerprint density at radius 3 is 2.11 bits per heavy atom. The summed E-state index contributed by atoms with van der Waals surface area (Å²) in [5.74, 6) is -0.177. The summed E-state index contributed by atoms with van der Waals surface area (Å²) < 4.78 is 37.9. The molecule has 0 aromatic heterocycles. The molecule has 1 heterocycles. The lowest BCUT2D eigenvalue weighted by Gasteiger charge is -2.32. The Bertz CT molecular complexity index is 843. The fraction of sp³-hybridized carbons (Fsp3) is 0.316. The second-order valence-electron chi connectivity index (χ2n) is 6.72. The van der Waals surface area contributed by atoms with Crippen LogP contribution >= 0.6 is 0 Å². The van der Waals surface area contributed by atoms with E-state index in [4.69, 9.17) is 0 Å². The Balaban J connectivity index is 1.54. The molecule has 0 spiro atoms. The van der Waals surface area contributed by atoms with Crippen LogP contribution < -0.4 is 4.90 Å². The van der Waals surface area contributed by atoms with Gasteiger partial charge in [0.2, 0.25) is 0 Å². The van der Waals surface area contributed by atoms with Gasteiger partial charge in [-0.25, -0.2) is 0 Å². The second-order valence-corrected chi connectivity index (χ2v) is 6.72. The van der Waals surface area contributed by atoms with E-state index in [0.717, 1.165) is 17.7 Å². The molecule has 6 nitrogen and oxygen atoms in total. The number of alkyl halides is 3. The van der Waals surface area contributed by atoms with Gasteiger partial charge in [-0.05, 0) is 24.3 Å². The van der Waals surface area contributed by atoms with E-state index in [1.165, 1.54) is 41.3 Å². The molecule has 148 valence electrons. The second kappa shape index (κ2) is 7.97. The van der Waals surface area contributed by atoms with Crippen LogP contribution in [0.1, 0.15) is 21.5 Å². The summed E-state index contributed by atoms with van der Waals surface area (Å²) in [6.07, 6.45) is -4.34. The van der Waals surface area contributed by atoms with Crippen LogP contribution in [0.25, 0.3) is 0 Å². The van der Waals surface area contributed by atoms with Crippen molar-refractivity contribution in [3.05, 3.63) is 75.3 Å². The summed E-state index contributed by atoms with van der Waals surface area (Å²) in [6, 6.07) is 10.7. The Kier molecular flexibility index (Phi) is 5.64. The van der Waals surface area contributed by atoms with E-state index >= 15 is 0 Å². The molecule has 1 fully saturated rings. The number of nitrogens with zero attached hydrogens (tertiary/aromatic N) is 2. The van der Waals surface area contributed by atoms with Gasteiger partial charge >= 0.3 is 6.18 Å². The van der Waals surface area contributed by atoms with Crippen molar-refractivity contribution in [2.45, 2.75) is 12.7 Å². The number of nitro benzene ring substituents is 1. The number of halogens is 3. The van der Waals surface area contributed by atoms with E-state index in [9.17, 15) is 28.1 Å². The van der Waals surface area contributed by atoms with E-state index in [2.05, 4.69) is 0 Å². The summed E-state index contributed by atoms with van der Waals surface area (Å²) in [7, 11) is 0. The van der Waals surface area contributed by atoms with Gasteiger partial charge < -0.3 is 9.80 Å². The molecule has 0 unspecified atom stereocenters. The fourth-order valence-corrected chi connectivity index (χ4v) is 3.21. The number of nitrogens with one attached hydrogen (secondary N) is 1. The highest BCUT2D eigenvalue weighted by atomic mass is 19.4. The molecule has 1 N–H and O–H groups in total. The molecule has 9 heteroatoms. The number of rotatable bonds is 4. The number of non-ortho nitro benzene ring substituents is 1. The lowest BCUT2D eigenvalue weighted by Crippen LogP contribution is -3.13. The molecule has 2 aromatic rings. The van der Waals surface area contributed by atoms with Crippen LogP contribution in [0.4, 0.5) is 18.9 Å². The molecule has 2 aromatic carbocycles. The van der Waals surface area contributed by atoms with Gasteiger partial charge in [0.15, 0.2) is 0 Å². The topological polar surface area (TPSA) is 67.9 Å². The molecule has 0 bridgehead atoms. The molecule has 3 rings (SSSR count). The van der Waals surface area contributed by atoms with Gasteiger partial charge in [-0.1, -0.05) is 12.1 Å². The molecule has 1 aliphatic rings. The largest absolute Gasteiger partial charge is 0.416 e. The lowest BCUT2D eigenvalue weighted by molar-refractivity contribution is -0.917. The molecular weight excluding hydrogens is 375 g/mol. The van der Waals surface area contributed by atoms with E-state index < -0.39 is 16.7 Å². The zero-order valence-corrected chi connectivity index (χ0v) is 14.9. The van der Waals surface area contributed by atoms with Gasteiger partial charge in [-0.3, -0.25) is 14.9 Å². The van der Waals surface area contributed by atoms with Crippen LogP contribution in [0.2, 0.25) is 0 Å². The first-order chi connectivity index (χ1) is 13.2. The molecule has 0 aliphatic carbocycles. The Hall–Kier alpha value is -2.94. The van der Waals surface area contributed by atoms with Crippen LogP contribution in [0.3, 0.4) is 0 Å². The summed E-state index contributed by atoms with van der Waals surface area (Å²) in [4.78, 5) is 25.6. The van der Waals surface area contributed by atoms with Crippen LogP contribution in [-0.4, -0.2) is 41.9 Å². The Morgan fingerprint density at radius 1 is 1.04 bits per heavy atom. The highest BCUT2D eigenvalue weighted by Gasteiger charge is 2.30.